The van der Waals surface area contributed by atoms with Crippen LogP contribution < -0.4 is 35.0 Å². The Kier molecular flexibility index (Phi) is 11.4. The Hall–Kier alpha value is -3.50. The van der Waals surface area contributed by atoms with Crippen molar-refractivity contribution in [1.82, 2.24) is 0 Å². The van der Waals surface area contributed by atoms with Crippen LogP contribution in [-0.4, -0.2) is 27.9 Å². The van der Waals surface area contributed by atoms with Crippen LogP contribution in [0.15, 0.2) is 78.9 Å². The van der Waals surface area contributed by atoms with Crippen molar-refractivity contribution in [3.8, 4) is 28.4 Å². The van der Waals surface area contributed by atoms with Crippen LogP contribution in [0.1, 0.15) is 89.7 Å². The summed E-state index contributed by atoms with van der Waals surface area (Å²) in [5, 5.41) is 5.64. The number of fused-ring (bicyclic) bond motifs is 3. The predicted octanol–water partition coefficient (Wildman–Crippen LogP) is 8.37. The van der Waals surface area contributed by atoms with Crippen LogP contribution in [-0.2, 0) is 0 Å². The molecule has 1 aliphatic heterocycles. The highest BCUT2D eigenvalue weighted by Crippen LogP contribution is 2.36. The Morgan fingerprint density at radius 3 is 1.40 bits per heavy atom. The molecule has 4 aromatic rings. The highest BCUT2D eigenvalue weighted by molar-refractivity contribution is 7.22. The van der Waals surface area contributed by atoms with Gasteiger partial charge in [0.1, 0.15) is 17.2 Å². The van der Waals surface area contributed by atoms with Crippen molar-refractivity contribution in [2.45, 2.75) is 92.4 Å². The van der Waals surface area contributed by atoms with E-state index in [2.05, 4.69) is 113 Å². The van der Waals surface area contributed by atoms with Crippen LogP contribution in [0, 0.1) is 13.8 Å². The van der Waals surface area contributed by atoms with Crippen molar-refractivity contribution in [2.75, 3.05) is 19.8 Å². The Labute approximate surface area is 273 Å². The Morgan fingerprint density at radius 2 is 0.933 bits per heavy atom. The Morgan fingerprint density at radius 1 is 0.489 bits per heavy atom. The standard InChI is InChI=1S/C41H52O3Si/c1-6-9-15-24-42-33-20-22-35(23-21-33)45(34-18-13-12-14-19-34)40-27-31(4)38(43-25-16-10-7-2)29-36(40)37-30-39(32(5)28-41(37)45)44-26-17-11-8-3/h12-14,18-23,27-30H,6-11,15-17,24-26H2,1-5H3. The second kappa shape index (κ2) is 15.7. The molecule has 5 rings (SSSR count). The van der Waals surface area contributed by atoms with Gasteiger partial charge in [-0.05, 0) is 100 Å². The van der Waals surface area contributed by atoms with Crippen LogP contribution in [0.5, 0.6) is 17.2 Å². The molecule has 0 N–H and O–H groups in total. The molecule has 0 radical (unpaired) electrons. The third-order valence-electron chi connectivity index (χ3n) is 9.25. The smallest absolute Gasteiger partial charge is 0.180 e. The Balaban J connectivity index is 1.67. The van der Waals surface area contributed by atoms with Crippen LogP contribution in [0.3, 0.4) is 0 Å². The highest BCUT2D eigenvalue weighted by Gasteiger charge is 2.49. The molecule has 4 aromatic carbocycles. The van der Waals surface area contributed by atoms with Gasteiger partial charge in [-0.2, -0.15) is 0 Å². The zero-order valence-electron chi connectivity index (χ0n) is 28.2. The molecule has 0 aliphatic carbocycles. The number of benzene rings is 4. The lowest BCUT2D eigenvalue weighted by molar-refractivity contribution is 0.304. The summed E-state index contributed by atoms with van der Waals surface area (Å²) in [7, 11) is -2.66. The summed E-state index contributed by atoms with van der Waals surface area (Å²) in [6.07, 6.45) is 10.4. The number of hydrogen-bond donors (Lipinski definition) is 0. The van der Waals surface area contributed by atoms with Crippen molar-refractivity contribution in [1.29, 1.82) is 0 Å². The SMILES string of the molecule is CCCCCOc1ccc([Si]2(c3ccccc3)c3cc(C)c(OCCCCC)cc3-c3cc(OCCCCC)c(C)cc32)cc1. The molecule has 0 saturated carbocycles. The molecule has 0 spiro atoms. The van der Waals surface area contributed by atoms with E-state index >= 15 is 0 Å². The van der Waals surface area contributed by atoms with Crippen LogP contribution in [0.2, 0.25) is 0 Å². The number of rotatable bonds is 17. The average Bonchev–Trinajstić information content (AvgIpc) is 3.32. The Bertz CT molecular complexity index is 1460. The maximum absolute atomic E-state index is 6.44. The molecule has 0 fully saturated rings. The van der Waals surface area contributed by atoms with E-state index in [-0.39, 0.29) is 0 Å². The summed E-state index contributed by atoms with van der Waals surface area (Å²) in [4.78, 5) is 0. The molecule has 0 amide bonds. The molecule has 0 atom stereocenters. The fraction of sp³-hybridized carbons (Fsp3) is 0.415. The predicted molar refractivity (Wildman–Crippen MR) is 194 cm³/mol. The third kappa shape index (κ3) is 7.01. The fourth-order valence-corrected chi connectivity index (χ4v) is 12.1. The van der Waals surface area contributed by atoms with Crippen molar-refractivity contribution in [3.05, 3.63) is 90.0 Å². The summed E-state index contributed by atoms with van der Waals surface area (Å²) < 4.78 is 19.1. The first-order chi connectivity index (χ1) is 22.0. The molecular formula is C41H52O3Si. The van der Waals surface area contributed by atoms with Gasteiger partial charge in [0, 0.05) is 0 Å². The topological polar surface area (TPSA) is 27.7 Å². The third-order valence-corrected chi connectivity index (χ3v) is 14.1. The number of ether oxygens (including phenoxy) is 3. The minimum absolute atomic E-state index is 0.751. The zero-order valence-corrected chi connectivity index (χ0v) is 29.2. The van der Waals surface area contributed by atoms with E-state index in [1.54, 1.807) is 0 Å². The monoisotopic (exact) mass is 620 g/mol. The molecule has 1 aliphatic rings. The molecule has 4 heteroatoms. The zero-order chi connectivity index (χ0) is 31.6. The summed E-state index contributed by atoms with van der Waals surface area (Å²) in [6, 6.07) is 29.8. The molecule has 45 heavy (non-hydrogen) atoms. The van der Waals surface area contributed by atoms with E-state index in [9.17, 15) is 0 Å². The van der Waals surface area contributed by atoms with E-state index in [1.165, 1.54) is 81.5 Å². The van der Waals surface area contributed by atoms with Gasteiger partial charge in [0.2, 0.25) is 0 Å². The van der Waals surface area contributed by atoms with Gasteiger partial charge < -0.3 is 14.2 Å². The number of aryl methyl sites for hydroxylation is 2. The molecular weight excluding hydrogens is 569 g/mol. The van der Waals surface area contributed by atoms with E-state index in [4.69, 9.17) is 14.2 Å². The lowest BCUT2D eigenvalue weighted by Gasteiger charge is -2.32. The van der Waals surface area contributed by atoms with E-state index in [0.717, 1.165) is 56.3 Å². The van der Waals surface area contributed by atoms with E-state index in [0.29, 0.717) is 0 Å². The van der Waals surface area contributed by atoms with Gasteiger partial charge in [0.15, 0.2) is 8.07 Å². The van der Waals surface area contributed by atoms with Gasteiger partial charge in [-0.3, -0.25) is 0 Å². The minimum atomic E-state index is -2.66. The molecule has 0 unspecified atom stereocenters. The number of hydrogen-bond acceptors (Lipinski definition) is 3. The van der Waals surface area contributed by atoms with Gasteiger partial charge in [0.05, 0.1) is 19.8 Å². The summed E-state index contributed by atoms with van der Waals surface area (Å²) in [5.74, 6) is 2.94. The summed E-state index contributed by atoms with van der Waals surface area (Å²) in [5.41, 5.74) is 4.98. The van der Waals surface area contributed by atoms with Gasteiger partial charge >= 0.3 is 0 Å². The lowest BCUT2D eigenvalue weighted by atomic mass is 10.0. The van der Waals surface area contributed by atoms with Gasteiger partial charge in [0.25, 0.3) is 0 Å². The van der Waals surface area contributed by atoms with Crippen molar-refractivity contribution < 1.29 is 14.2 Å². The van der Waals surface area contributed by atoms with E-state index in [1.807, 2.05) is 0 Å². The van der Waals surface area contributed by atoms with Gasteiger partial charge in [-0.25, -0.2) is 0 Å². The summed E-state index contributed by atoms with van der Waals surface area (Å²) in [6.45, 7) is 13.4. The van der Waals surface area contributed by atoms with E-state index < -0.39 is 8.07 Å². The number of unbranched alkanes of at least 4 members (excludes halogenated alkanes) is 6. The maximum atomic E-state index is 6.44. The average molecular weight is 621 g/mol. The second-order valence-corrected chi connectivity index (χ2v) is 16.4. The highest BCUT2D eigenvalue weighted by atomic mass is 28.3. The normalized spacial score (nSPS) is 12.9. The van der Waals surface area contributed by atoms with Gasteiger partial charge in [-0.1, -0.05) is 114 Å². The fourth-order valence-electron chi connectivity index (χ4n) is 6.79. The quantitative estimate of drug-likeness (QED) is 0.0772. The first-order valence-electron chi connectivity index (χ1n) is 17.4. The largest absolute Gasteiger partial charge is 0.494 e. The molecule has 0 aromatic heterocycles. The maximum Gasteiger partial charge on any atom is 0.180 e. The van der Waals surface area contributed by atoms with Crippen LogP contribution in [0.25, 0.3) is 11.1 Å². The molecule has 238 valence electrons. The van der Waals surface area contributed by atoms with Crippen molar-refractivity contribution >= 4 is 28.8 Å². The lowest BCUT2D eigenvalue weighted by Crippen LogP contribution is -2.72. The minimum Gasteiger partial charge on any atom is -0.494 e. The van der Waals surface area contributed by atoms with Crippen LogP contribution in [0.4, 0.5) is 0 Å². The molecule has 0 bridgehead atoms. The molecule has 3 nitrogen and oxygen atoms in total. The van der Waals surface area contributed by atoms with Crippen LogP contribution >= 0.6 is 0 Å². The molecule has 0 saturated heterocycles. The van der Waals surface area contributed by atoms with Crippen molar-refractivity contribution in [3.63, 3.8) is 0 Å². The van der Waals surface area contributed by atoms with Gasteiger partial charge in [-0.15, -0.1) is 0 Å². The second-order valence-electron chi connectivity index (χ2n) is 12.6. The summed E-state index contributed by atoms with van der Waals surface area (Å²) >= 11 is 0. The molecule has 1 heterocycles. The van der Waals surface area contributed by atoms with Crippen molar-refractivity contribution in [2.24, 2.45) is 0 Å². The first-order valence-corrected chi connectivity index (χ1v) is 19.4. The first kappa shape index (κ1) is 32.9.